The van der Waals surface area contributed by atoms with Gasteiger partial charge in [0.15, 0.2) is 0 Å². The molecule has 0 unspecified atom stereocenters. The van der Waals surface area contributed by atoms with Crippen LogP contribution in [0.15, 0.2) is 22.0 Å². The zero-order valence-electron chi connectivity index (χ0n) is 11.2. The smallest absolute Gasteiger partial charge is 0.284 e. The highest BCUT2D eigenvalue weighted by Gasteiger charge is 2.14. The van der Waals surface area contributed by atoms with Crippen molar-refractivity contribution < 1.29 is 4.79 Å². The van der Waals surface area contributed by atoms with Gasteiger partial charge in [0, 0.05) is 5.69 Å². The molecule has 0 aliphatic rings. The molecule has 8 heteroatoms. The summed E-state index contributed by atoms with van der Waals surface area (Å²) in [5.74, 6) is -0.779. The lowest BCUT2D eigenvalue weighted by molar-refractivity contribution is 0.0997. The Morgan fingerprint density at radius 1 is 1.38 bits per heavy atom. The van der Waals surface area contributed by atoms with E-state index in [1.807, 2.05) is 0 Å². The summed E-state index contributed by atoms with van der Waals surface area (Å²) in [5, 5.41) is 4.52. The Labute approximate surface area is 134 Å². The summed E-state index contributed by atoms with van der Waals surface area (Å²) >= 11 is 13.0. The van der Waals surface area contributed by atoms with Crippen molar-refractivity contribution >= 4 is 46.7 Å². The second-order valence-corrected chi connectivity index (χ2v) is 6.45. The lowest BCUT2D eigenvalue weighted by Gasteiger charge is -2.08. The third kappa shape index (κ3) is 3.18. The molecule has 110 valence electrons. The molecule has 0 aliphatic heterocycles. The molecule has 0 saturated carbocycles. The van der Waals surface area contributed by atoms with Crippen molar-refractivity contribution in [3.8, 4) is 0 Å². The Balaban J connectivity index is 2.55. The number of rotatable bonds is 3. The Morgan fingerprint density at radius 2 is 2.05 bits per heavy atom. The SMILES string of the molecule is Cc1cc(C)n(/N=C/c2sc(Cl)cc2Cl)c(=O)c1C(N)=O. The fourth-order valence-electron chi connectivity index (χ4n) is 1.88. The normalized spacial score (nSPS) is 11.2. The van der Waals surface area contributed by atoms with Crippen LogP contribution in [0.1, 0.15) is 26.5 Å². The van der Waals surface area contributed by atoms with Crippen LogP contribution in [0.4, 0.5) is 0 Å². The monoisotopic (exact) mass is 343 g/mol. The number of hydrogen-bond donors (Lipinski definition) is 1. The lowest BCUT2D eigenvalue weighted by atomic mass is 10.1. The number of carbonyl (C=O) groups excluding carboxylic acids is 1. The van der Waals surface area contributed by atoms with Crippen LogP contribution < -0.4 is 11.3 Å². The molecule has 0 saturated heterocycles. The van der Waals surface area contributed by atoms with E-state index in [2.05, 4.69) is 5.10 Å². The molecule has 2 heterocycles. The first-order chi connectivity index (χ1) is 9.81. The van der Waals surface area contributed by atoms with Gasteiger partial charge in [-0.2, -0.15) is 5.10 Å². The van der Waals surface area contributed by atoms with Crippen molar-refractivity contribution in [3.63, 3.8) is 0 Å². The third-order valence-electron chi connectivity index (χ3n) is 2.78. The summed E-state index contributed by atoms with van der Waals surface area (Å²) in [6.45, 7) is 3.36. The van der Waals surface area contributed by atoms with Crippen molar-refractivity contribution in [1.29, 1.82) is 0 Å². The summed E-state index contributed by atoms with van der Waals surface area (Å²) in [7, 11) is 0. The first kappa shape index (κ1) is 15.8. The quantitative estimate of drug-likeness (QED) is 0.869. The number of pyridine rings is 1. The summed E-state index contributed by atoms with van der Waals surface area (Å²) in [4.78, 5) is 24.2. The van der Waals surface area contributed by atoms with Crippen LogP contribution in [0.25, 0.3) is 0 Å². The Hall–Kier alpha value is -1.63. The van der Waals surface area contributed by atoms with Gasteiger partial charge in [-0.15, -0.1) is 11.3 Å². The van der Waals surface area contributed by atoms with E-state index >= 15 is 0 Å². The van der Waals surface area contributed by atoms with E-state index in [9.17, 15) is 9.59 Å². The fourth-order valence-corrected chi connectivity index (χ4v) is 3.27. The second kappa shape index (κ2) is 6.01. The number of nitrogens with two attached hydrogens (primary N) is 1. The largest absolute Gasteiger partial charge is 0.365 e. The van der Waals surface area contributed by atoms with E-state index in [-0.39, 0.29) is 5.56 Å². The van der Waals surface area contributed by atoms with E-state index in [1.165, 1.54) is 17.6 Å². The number of carbonyl (C=O) groups is 1. The van der Waals surface area contributed by atoms with Crippen LogP contribution in [0.3, 0.4) is 0 Å². The second-order valence-electron chi connectivity index (χ2n) is 4.33. The first-order valence-corrected chi connectivity index (χ1v) is 7.40. The maximum Gasteiger partial charge on any atom is 0.284 e. The molecule has 1 amide bonds. The standard InChI is InChI=1S/C13H11Cl2N3O2S/c1-6-3-7(2)18(13(20)11(6)12(16)19)17-5-9-8(14)4-10(15)21-9/h3-5H,1-2H3,(H2,16,19)/b17-5+. The van der Waals surface area contributed by atoms with Crippen molar-refractivity contribution in [1.82, 2.24) is 4.68 Å². The number of hydrogen-bond acceptors (Lipinski definition) is 4. The van der Waals surface area contributed by atoms with Crippen LogP contribution in [0.2, 0.25) is 9.36 Å². The summed E-state index contributed by atoms with van der Waals surface area (Å²) in [6, 6.07) is 3.26. The van der Waals surface area contributed by atoms with E-state index in [0.717, 1.165) is 4.68 Å². The Kier molecular flexibility index (Phi) is 4.51. The van der Waals surface area contributed by atoms with Gasteiger partial charge >= 0.3 is 0 Å². The molecule has 5 nitrogen and oxygen atoms in total. The Bertz CT molecular complexity index is 808. The van der Waals surface area contributed by atoms with Crippen molar-refractivity contribution in [2.24, 2.45) is 10.8 Å². The third-order valence-corrected chi connectivity index (χ3v) is 4.40. The highest BCUT2D eigenvalue weighted by atomic mass is 35.5. The summed E-state index contributed by atoms with van der Waals surface area (Å²) < 4.78 is 1.63. The number of aromatic nitrogens is 1. The van der Waals surface area contributed by atoms with Gasteiger partial charge in [-0.05, 0) is 31.5 Å². The number of halogens is 2. The average molecular weight is 344 g/mol. The topological polar surface area (TPSA) is 77.4 Å². The van der Waals surface area contributed by atoms with Crippen LogP contribution in [-0.4, -0.2) is 16.8 Å². The van der Waals surface area contributed by atoms with E-state index in [4.69, 9.17) is 28.9 Å². The molecule has 0 aromatic carbocycles. The lowest BCUT2D eigenvalue weighted by Crippen LogP contribution is -2.30. The minimum Gasteiger partial charge on any atom is -0.365 e. The van der Waals surface area contributed by atoms with Gasteiger partial charge in [0.05, 0.1) is 20.5 Å². The first-order valence-electron chi connectivity index (χ1n) is 5.83. The molecule has 2 aromatic rings. The molecule has 0 atom stereocenters. The van der Waals surface area contributed by atoms with Crippen LogP contribution in [0.5, 0.6) is 0 Å². The van der Waals surface area contributed by atoms with Gasteiger partial charge in [-0.3, -0.25) is 9.59 Å². The van der Waals surface area contributed by atoms with Gasteiger partial charge in [-0.1, -0.05) is 23.2 Å². The molecule has 0 radical (unpaired) electrons. The molecular formula is C13H11Cl2N3O2S. The van der Waals surface area contributed by atoms with E-state index < -0.39 is 11.5 Å². The molecule has 0 fully saturated rings. The molecular weight excluding hydrogens is 333 g/mol. The van der Waals surface area contributed by atoms with E-state index in [0.29, 0.717) is 25.5 Å². The Morgan fingerprint density at radius 3 is 2.57 bits per heavy atom. The van der Waals surface area contributed by atoms with Crippen LogP contribution >= 0.6 is 34.5 Å². The molecule has 2 N–H and O–H groups in total. The molecule has 2 rings (SSSR count). The zero-order chi connectivity index (χ0) is 15.7. The number of aryl methyl sites for hydroxylation is 2. The van der Waals surface area contributed by atoms with Gasteiger partial charge in [-0.25, -0.2) is 4.68 Å². The summed E-state index contributed by atoms with van der Waals surface area (Å²) in [6.07, 6.45) is 1.42. The minimum atomic E-state index is -0.779. The van der Waals surface area contributed by atoms with Crippen LogP contribution in [0, 0.1) is 13.8 Å². The number of primary amides is 1. The van der Waals surface area contributed by atoms with Gasteiger partial charge in [0.1, 0.15) is 5.56 Å². The van der Waals surface area contributed by atoms with Crippen molar-refractivity contribution in [2.75, 3.05) is 0 Å². The zero-order valence-corrected chi connectivity index (χ0v) is 13.5. The van der Waals surface area contributed by atoms with Gasteiger partial charge in [0.25, 0.3) is 11.5 Å². The maximum atomic E-state index is 12.3. The predicted molar refractivity (Wildman–Crippen MR) is 86.0 cm³/mol. The number of thiophene rings is 1. The predicted octanol–water partition coefficient (Wildman–Crippen LogP) is 2.81. The van der Waals surface area contributed by atoms with Crippen molar-refractivity contribution in [2.45, 2.75) is 13.8 Å². The molecule has 0 spiro atoms. The van der Waals surface area contributed by atoms with E-state index in [1.54, 1.807) is 26.0 Å². The molecule has 0 aliphatic carbocycles. The number of amides is 1. The fraction of sp³-hybridized carbons (Fsp3) is 0.154. The van der Waals surface area contributed by atoms with Gasteiger partial charge in [0.2, 0.25) is 0 Å². The molecule has 2 aromatic heterocycles. The molecule has 21 heavy (non-hydrogen) atoms. The highest BCUT2D eigenvalue weighted by Crippen LogP contribution is 2.29. The van der Waals surface area contributed by atoms with Crippen molar-refractivity contribution in [3.05, 3.63) is 53.5 Å². The molecule has 0 bridgehead atoms. The van der Waals surface area contributed by atoms with Gasteiger partial charge < -0.3 is 5.73 Å². The number of nitrogens with zero attached hydrogens (tertiary/aromatic N) is 2. The minimum absolute atomic E-state index is 0.0759. The highest BCUT2D eigenvalue weighted by molar-refractivity contribution is 7.18. The summed E-state index contributed by atoms with van der Waals surface area (Å²) in [5.41, 5.74) is 5.70. The average Bonchev–Trinajstić information content (AvgIpc) is 2.66. The van der Waals surface area contributed by atoms with Crippen LogP contribution in [-0.2, 0) is 0 Å². The maximum absolute atomic E-state index is 12.3.